The lowest BCUT2D eigenvalue weighted by molar-refractivity contribution is 0.0328. The fourth-order valence-electron chi connectivity index (χ4n) is 2.65. The molecule has 0 bridgehead atoms. The van der Waals surface area contributed by atoms with E-state index in [1.807, 2.05) is 41.2 Å². The first-order valence-electron chi connectivity index (χ1n) is 7.72. The maximum atomic E-state index is 6.13. The van der Waals surface area contributed by atoms with Gasteiger partial charge >= 0.3 is 0 Å². The van der Waals surface area contributed by atoms with E-state index in [9.17, 15) is 0 Å². The first-order valence-corrected chi connectivity index (χ1v) is 7.72. The van der Waals surface area contributed by atoms with Crippen LogP contribution >= 0.6 is 0 Å². The van der Waals surface area contributed by atoms with Gasteiger partial charge in [0, 0.05) is 25.4 Å². The molecule has 2 aromatic rings. The molecular formula is C17H22N2O3. The zero-order valence-corrected chi connectivity index (χ0v) is 13.1. The van der Waals surface area contributed by atoms with Crippen molar-refractivity contribution < 1.29 is 14.2 Å². The van der Waals surface area contributed by atoms with Gasteiger partial charge in [0.15, 0.2) is 6.10 Å². The van der Waals surface area contributed by atoms with Crippen molar-refractivity contribution in [3.05, 3.63) is 36.5 Å². The Morgan fingerprint density at radius 2 is 2.05 bits per heavy atom. The van der Waals surface area contributed by atoms with Gasteiger partial charge in [0.2, 0.25) is 0 Å². The molecule has 1 aromatic heterocycles. The van der Waals surface area contributed by atoms with Crippen LogP contribution < -0.4 is 4.74 Å². The minimum atomic E-state index is -0.0797. The molecule has 1 fully saturated rings. The van der Waals surface area contributed by atoms with Crippen molar-refractivity contribution in [3.8, 4) is 17.0 Å². The van der Waals surface area contributed by atoms with E-state index in [-0.39, 0.29) is 12.2 Å². The third kappa shape index (κ3) is 3.15. The van der Waals surface area contributed by atoms with Gasteiger partial charge in [-0.05, 0) is 24.6 Å². The number of methoxy groups -OCH3 is 1. The summed E-state index contributed by atoms with van der Waals surface area (Å²) >= 11 is 0. The summed E-state index contributed by atoms with van der Waals surface area (Å²) in [6, 6.07) is 10.0. The van der Waals surface area contributed by atoms with E-state index in [4.69, 9.17) is 14.2 Å². The molecule has 118 valence electrons. The van der Waals surface area contributed by atoms with Gasteiger partial charge in [0.25, 0.3) is 0 Å². The Bertz CT molecular complexity index is 611. The van der Waals surface area contributed by atoms with Crippen LogP contribution in [0, 0.1) is 0 Å². The highest BCUT2D eigenvalue weighted by atomic mass is 16.6. The van der Waals surface area contributed by atoms with Crippen molar-refractivity contribution in [1.29, 1.82) is 0 Å². The number of aryl methyl sites for hydroxylation is 1. The third-order valence-electron chi connectivity index (χ3n) is 3.82. The summed E-state index contributed by atoms with van der Waals surface area (Å²) in [5.41, 5.74) is 1.93. The molecule has 1 unspecified atom stereocenters. The minimum absolute atomic E-state index is 0.0225. The van der Waals surface area contributed by atoms with Gasteiger partial charge in [-0.25, -0.2) is 0 Å². The van der Waals surface area contributed by atoms with E-state index in [0.717, 1.165) is 30.0 Å². The number of hydrogen-bond acceptors (Lipinski definition) is 4. The average molecular weight is 302 g/mol. The molecule has 0 amide bonds. The lowest BCUT2D eigenvalue weighted by Crippen LogP contribution is -2.31. The largest absolute Gasteiger partial charge is 0.484 e. The Morgan fingerprint density at radius 1 is 1.23 bits per heavy atom. The summed E-state index contributed by atoms with van der Waals surface area (Å²) in [4.78, 5) is 0. The molecule has 0 saturated carbocycles. The van der Waals surface area contributed by atoms with E-state index < -0.39 is 0 Å². The monoisotopic (exact) mass is 302 g/mol. The van der Waals surface area contributed by atoms with Crippen molar-refractivity contribution in [2.24, 2.45) is 0 Å². The quantitative estimate of drug-likeness (QED) is 0.823. The Labute approximate surface area is 130 Å². The molecule has 0 aliphatic carbocycles. The molecule has 5 heteroatoms. The zero-order valence-electron chi connectivity index (χ0n) is 13.1. The third-order valence-corrected chi connectivity index (χ3v) is 3.82. The lowest BCUT2D eigenvalue weighted by Gasteiger charge is -2.19. The fraction of sp³-hybridized carbons (Fsp3) is 0.471. The van der Waals surface area contributed by atoms with Crippen LogP contribution in [0.2, 0.25) is 0 Å². The van der Waals surface area contributed by atoms with Crippen LogP contribution in [0.15, 0.2) is 36.5 Å². The second-order valence-electron chi connectivity index (χ2n) is 5.43. The average Bonchev–Trinajstić information content (AvgIpc) is 3.17. The second kappa shape index (κ2) is 6.94. The number of para-hydroxylation sites is 1. The van der Waals surface area contributed by atoms with Crippen LogP contribution in [0.3, 0.4) is 0 Å². The highest BCUT2D eigenvalue weighted by molar-refractivity contribution is 5.66. The predicted molar refractivity (Wildman–Crippen MR) is 84.0 cm³/mol. The highest BCUT2D eigenvalue weighted by Crippen LogP contribution is 2.30. The summed E-state index contributed by atoms with van der Waals surface area (Å²) in [6.07, 6.45) is 2.97. The van der Waals surface area contributed by atoms with Crippen molar-refractivity contribution in [3.63, 3.8) is 0 Å². The zero-order chi connectivity index (χ0) is 15.4. The van der Waals surface area contributed by atoms with Gasteiger partial charge in [0.1, 0.15) is 11.9 Å². The number of benzene rings is 1. The van der Waals surface area contributed by atoms with Gasteiger partial charge in [-0.3, -0.25) is 4.68 Å². The Balaban J connectivity index is 1.83. The Morgan fingerprint density at radius 3 is 2.86 bits per heavy atom. The molecule has 0 N–H and O–H groups in total. The summed E-state index contributed by atoms with van der Waals surface area (Å²) in [6.45, 7) is 4.19. The minimum Gasteiger partial charge on any atom is -0.484 e. The van der Waals surface area contributed by atoms with Crippen molar-refractivity contribution >= 4 is 0 Å². The first-order chi connectivity index (χ1) is 10.8. The van der Waals surface area contributed by atoms with Crippen molar-refractivity contribution in [2.75, 3.05) is 20.3 Å². The van der Waals surface area contributed by atoms with Gasteiger partial charge in [0.05, 0.1) is 18.9 Å². The molecule has 0 spiro atoms. The van der Waals surface area contributed by atoms with E-state index in [1.165, 1.54) is 0 Å². The molecule has 1 saturated heterocycles. The topological polar surface area (TPSA) is 45.5 Å². The highest BCUT2D eigenvalue weighted by Gasteiger charge is 2.30. The van der Waals surface area contributed by atoms with Crippen LogP contribution in [0.4, 0.5) is 0 Å². The summed E-state index contributed by atoms with van der Waals surface area (Å²) in [7, 11) is 1.69. The molecule has 5 nitrogen and oxygen atoms in total. The lowest BCUT2D eigenvalue weighted by atomic mass is 10.1. The standard InChI is InChI=1S/C17H22N2O3/c1-3-9-19-10-8-14(18-19)13-6-4-5-7-15(13)22-17-12-21-11-16(17)20-2/h4-8,10,16-17H,3,9,11-12H2,1-2H3/t16?,17-/m1/s1. The maximum absolute atomic E-state index is 6.13. The van der Waals surface area contributed by atoms with E-state index in [0.29, 0.717) is 13.2 Å². The fourth-order valence-corrected chi connectivity index (χ4v) is 2.65. The molecule has 0 radical (unpaired) electrons. The normalized spacial score (nSPS) is 21.2. The number of hydrogen-bond donors (Lipinski definition) is 0. The van der Waals surface area contributed by atoms with E-state index in [2.05, 4.69) is 12.0 Å². The Kier molecular flexibility index (Phi) is 4.75. The predicted octanol–water partition coefficient (Wildman–Crippen LogP) is 2.75. The number of aromatic nitrogens is 2. The van der Waals surface area contributed by atoms with Crippen molar-refractivity contribution in [2.45, 2.75) is 32.1 Å². The SMILES string of the molecule is CCCn1ccc(-c2ccccc2O[C@@H]2COCC2OC)n1. The molecule has 22 heavy (non-hydrogen) atoms. The molecule has 2 atom stereocenters. The Hall–Kier alpha value is -1.85. The van der Waals surface area contributed by atoms with Crippen LogP contribution in [0.5, 0.6) is 5.75 Å². The summed E-state index contributed by atoms with van der Waals surface area (Å²) < 4.78 is 18.9. The van der Waals surface area contributed by atoms with Crippen LogP contribution in [-0.4, -0.2) is 42.3 Å². The van der Waals surface area contributed by atoms with Gasteiger partial charge < -0.3 is 14.2 Å². The van der Waals surface area contributed by atoms with Gasteiger partial charge in [-0.2, -0.15) is 5.10 Å². The molecule has 1 aliphatic rings. The maximum Gasteiger partial charge on any atom is 0.150 e. The number of ether oxygens (including phenoxy) is 3. The smallest absolute Gasteiger partial charge is 0.150 e. The van der Waals surface area contributed by atoms with E-state index in [1.54, 1.807) is 7.11 Å². The molecule has 2 heterocycles. The van der Waals surface area contributed by atoms with E-state index >= 15 is 0 Å². The number of nitrogens with zero attached hydrogens (tertiary/aromatic N) is 2. The second-order valence-corrected chi connectivity index (χ2v) is 5.43. The van der Waals surface area contributed by atoms with Crippen LogP contribution in [0.25, 0.3) is 11.3 Å². The van der Waals surface area contributed by atoms with Gasteiger partial charge in [-0.15, -0.1) is 0 Å². The first kappa shape index (κ1) is 15.1. The van der Waals surface area contributed by atoms with Gasteiger partial charge in [-0.1, -0.05) is 19.1 Å². The molecule has 3 rings (SSSR count). The molecule has 1 aliphatic heterocycles. The number of rotatable bonds is 6. The summed E-state index contributed by atoms with van der Waals surface area (Å²) in [5, 5.41) is 4.62. The summed E-state index contributed by atoms with van der Waals surface area (Å²) in [5.74, 6) is 0.821. The molecular weight excluding hydrogens is 280 g/mol. The molecule has 1 aromatic carbocycles. The van der Waals surface area contributed by atoms with Crippen molar-refractivity contribution in [1.82, 2.24) is 9.78 Å². The van der Waals surface area contributed by atoms with Crippen LogP contribution in [0.1, 0.15) is 13.3 Å². The van der Waals surface area contributed by atoms with Crippen LogP contribution in [-0.2, 0) is 16.0 Å².